The van der Waals surface area contributed by atoms with Gasteiger partial charge in [-0.1, -0.05) is 0 Å². The van der Waals surface area contributed by atoms with Gasteiger partial charge in [-0.2, -0.15) is 11.8 Å². The van der Waals surface area contributed by atoms with E-state index in [9.17, 15) is 9.59 Å². The molecule has 9 heteroatoms. The number of pyridine rings is 1. The number of esters is 1. The third-order valence-corrected chi connectivity index (χ3v) is 5.25. The van der Waals surface area contributed by atoms with E-state index < -0.39 is 12.0 Å². The number of carbonyl (C=O) groups is 2. The number of H-pyrrole nitrogens is 1. The van der Waals surface area contributed by atoms with Crippen LogP contribution in [0.5, 0.6) is 0 Å². The first-order chi connectivity index (χ1) is 13.2. The molecule has 0 spiro atoms. The van der Waals surface area contributed by atoms with Crippen molar-refractivity contribution >= 4 is 23.8 Å². The molecular formula is C18H23N5O3S. The molecule has 0 saturated heterocycles. The molecule has 0 radical (unpaired) electrons. The number of hydrogen-bond donors (Lipinski definition) is 2. The minimum atomic E-state index is -0.673. The molecule has 0 aromatic carbocycles. The number of imidazole rings is 1. The molecule has 2 N–H and O–H groups in total. The number of aromatic nitrogens is 3. The molecule has 2 amide bonds. The normalized spacial score (nSPS) is 17.1. The molecule has 3 rings (SSSR count). The minimum absolute atomic E-state index is 0.304. The summed E-state index contributed by atoms with van der Waals surface area (Å²) in [5.41, 5.74) is 2.76. The summed E-state index contributed by atoms with van der Waals surface area (Å²) in [5, 5.41) is 2.84. The van der Waals surface area contributed by atoms with E-state index in [2.05, 4.69) is 20.3 Å². The Labute approximate surface area is 162 Å². The first kappa shape index (κ1) is 19.2. The number of aromatic amines is 1. The van der Waals surface area contributed by atoms with Crippen molar-refractivity contribution in [2.75, 3.05) is 25.7 Å². The fraction of sp³-hybridized carbons (Fsp3) is 0.444. The summed E-state index contributed by atoms with van der Waals surface area (Å²) in [4.78, 5) is 38.5. The van der Waals surface area contributed by atoms with Gasteiger partial charge in [0.15, 0.2) is 0 Å². The lowest BCUT2D eigenvalue weighted by molar-refractivity contribution is -0.142. The number of fused-ring (bicyclic) bond motifs is 1. The molecule has 2 atom stereocenters. The van der Waals surface area contributed by atoms with Crippen LogP contribution in [0, 0.1) is 0 Å². The Balaban J connectivity index is 1.85. The van der Waals surface area contributed by atoms with Gasteiger partial charge >= 0.3 is 12.0 Å². The van der Waals surface area contributed by atoms with Gasteiger partial charge < -0.3 is 19.9 Å². The molecule has 0 aliphatic carbocycles. The zero-order valence-corrected chi connectivity index (χ0v) is 16.2. The highest BCUT2D eigenvalue weighted by atomic mass is 32.2. The quantitative estimate of drug-likeness (QED) is 0.730. The molecule has 2 aromatic rings. The van der Waals surface area contributed by atoms with Gasteiger partial charge in [-0.05, 0) is 36.1 Å². The number of amides is 2. The second kappa shape index (κ2) is 8.90. The van der Waals surface area contributed by atoms with Gasteiger partial charge in [0.25, 0.3) is 0 Å². The van der Waals surface area contributed by atoms with Crippen LogP contribution >= 0.6 is 11.8 Å². The Hall–Kier alpha value is -2.55. The molecule has 0 saturated carbocycles. The highest BCUT2D eigenvalue weighted by Gasteiger charge is 2.35. The van der Waals surface area contributed by atoms with Crippen LogP contribution in [-0.4, -0.2) is 63.6 Å². The number of nitrogens with zero attached hydrogens (tertiary/aromatic N) is 3. The molecule has 8 nitrogen and oxygen atoms in total. The molecule has 144 valence electrons. The van der Waals surface area contributed by atoms with Crippen LogP contribution in [0.4, 0.5) is 4.79 Å². The average Bonchev–Trinajstić information content (AvgIpc) is 3.19. The smallest absolute Gasteiger partial charge is 0.328 e. The predicted molar refractivity (Wildman–Crippen MR) is 102 cm³/mol. The lowest BCUT2D eigenvalue weighted by atomic mass is 9.97. The van der Waals surface area contributed by atoms with Gasteiger partial charge in [0, 0.05) is 31.1 Å². The Morgan fingerprint density at radius 1 is 1.44 bits per heavy atom. The molecule has 1 aliphatic rings. The van der Waals surface area contributed by atoms with Crippen LogP contribution in [-0.2, 0) is 16.0 Å². The highest BCUT2D eigenvalue weighted by molar-refractivity contribution is 7.98. The van der Waals surface area contributed by atoms with Crippen LogP contribution < -0.4 is 5.32 Å². The van der Waals surface area contributed by atoms with Crippen LogP contribution in [0.1, 0.15) is 29.4 Å². The zero-order valence-electron chi connectivity index (χ0n) is 15.3. The van der Waals surface area contributed by atoms with Crippen molar-refractivity contribution in [3.05, 3.63) is 47.8 Å². The van der Waals surface area contributed by atoms with Crippen molar-refractivity contribution in [2.45, 2.75) is 24.9 Å². The summed E-state index contributed by atoms with van der Waals surface area (Å²) < 4.78 is 4.85. The van der Waals surface area contributed by atoms with Crippen molar-refractivity contribution in [3.63, 3.8) is 0 Å². The molecule has 1 aliphatic heterocycles. The maximum Gasteiger partial charge on any atom is 0.328 e. The summed E-state index contributed by atoms with van der Waals surface area (Å²) in [6.07, 6.45) is 8.19. The van der Waals surface area contributed by atoms with E-state index in [0.29, 0.717) is 19.4 Å². The molecule has 27 heavy (non-hydrogen) atoms. The molecular weight excluding hydrogens is 366 g/mol. The summed E-state index contributed by atoms with van der Waals surface area (Å²) in [6.45, 7) is 0.518. The fourth-order valence-corrected chi connectivity index (χ4v) is 3.71. The highest BCUT2D eigenvalue weighted by Crippen LogP contribution is 2.33. The zero-order chi connectivity index (χ0) is 19.2. The number of methoxy groups -OCH3 is 1. The maximum atomic E-state index is 13.1. The van der Waals surface area contributed by atoms with Gasteiger partial charge in [-0.25, -0.2) is 14.6 Å². The number of thioether (sulfide) groups is 1. The van der Waals surface area contributed by atoms with Gasteiger partial charge in [-0.3, -0.25) is 4.98 Å². The van der Waals surface area contributed by atoms with Crippen molar-refractivity contribution in [1.82, 2.24) is 25.2 Å². The van der Waals surface area contributed by atoms with Crippen molar-refractivity contribution in [2.24, 2.45) is 0 Å². The summed E-state index contributed by atoms with van der Waals surface area (Å²) in [6, 6.07) is 2.44. The Bertz CT molecular complexity index is 782. The molecule has 0 bridgehead atoms. The Morgan fingerprint density at radius 3 is 2.93 bits per heavy atom. The molecule has 0 unspecified atom stereocenters. The lowest BCUT2D eigenvalue weighted by Crippen LogP contribution is -2.51. The van der Waals surface area contributed by atoms with Gasteiger partial charge in [-0.15, -0.1) is 0 Å². The Morgan fingerprint density at radius 2 is 2.22 bits per heavy atom. The number of ether oxygens (including phenoxy) is 1. The van der Waals surface area contributed by atoms with E-state index in [-0.39, 0.29) is 12.1 Å². The first-order valence-corrected chi connectivity index (χ1v) is 10.1. The van der Waals surface area contributed by atoms with Crippen LogP contribution in [0.15, 0.2) is 30.9 Å². The summed E-state index contributed by atoms with van der Waals surface area (Å²) >= 11 is 1.62. The first-order valence-electron chi connectivity index (χ1n) is 8.71. The monoisotopic (exact) mass is 389 g/mol. The van der Waals surface area contributed by atoms with E-state index in [1.807, 2.05) is 18.4 Å². The number of carbonyl (C=O) groups excluding carboxylic acids is 2. The molecule has 3 heterocycles. The van der Waals surface area contributed by atoms with Crippen molar-refractivity contribution < 1.29 is 14.3 Å². The van der Waals surface area contributed by atoms with E-state index in [0.717, 1.165) is 22.7 Å². The largest absolute Gasteiger partial charge is 0.467 e. The average molecular weight is 389 g/mol. The van der Waals surface area contributed by atoms with E-state index in [1.54, 1.807) is 35.4 Å². The third-order valence-electron chi connectivity index (χ3n) is 4.60. The molecule has 0 fully saturated rings. The second-order valence-corrected chi connectivity index (χ2v) is 7.19. The van der Waals surface area contributed by atoms with Gasteiger partial charge in [0.05, 0.1) is 19.1 Å². The van der Waals surface area contributed by atoms with Gasteiger partial charge in [0.1, 0.15) is 12.1 Å². The van der Waals surface area contributed by atoms with Crippen LogP contribution in [0.2, 0.25) is 0 Å². The number of rotatable bonds is 6. The van der Waals surface area contributed by atoms with E-state index in [1.165, 1.54) is 7.11 Å². The standard InChI is InChI=1S/C18H23N5O3S/c1-26-17(24)14(6-10-27-2)22-18(25)23-9-5-13-15(21-11-20-13)16(23)12-3-7-19-8-4-12/h3-4,7-8,11,14,16H,5-6,9-10H2,1-2H3,(H,20,21)(H,22,25)/t14-,16-/m1/s1. The topological polar surface area (TPSA) is 100 Å². The number of hydrogen-bond acceptors (Lipinski definition) is 6. The maximum absolute atomic E-state index is 13.1. The van der Waals surface area contributed by atoms with Crippen LogP contribution in [0.25, 0.3) is 0 Å². The number of nitrogens with one attached hydrogen (secondary N) is 2. The lowest BCUT2D eigenvalue weighted by Gasteiger charge is -2.36. The fourth-order valence-electron chi connectivity index (χ4n) is 3.24. The van der Waals surface area contributed by atoms with E-state index in [4.69, 9.17) is 4.74 Å². The summed E-state index contributed by atoms with van der Waals surface area (Å²) in [7, 11) is 1.33. The van der Waals surface area contributed by atoms with E-state index >= 15 is 0 Å². The second-order valence-electron chi connectivity index (χ2n) is 6.20. The molecule has 2 aromatic heterocycles. The number of urea groups is 1. The minimum Gasteiger partial charge on any atom is -0.467 e. The predicted octanol–water partition coefficient (Wildman–Crippen LogP) is 1.76. The summed E-state index contributed by atoms with van der Waals surface area (Å²) in [5.74, 6) is 0.312. The van der Waals surface area contributed by atoms with Gasteiger partial charge in [0.2, 0.25) is 0 Å². The van der Waals surface area contributed by atoms with Crippen LogP contribution in [0.3, 0.4) is 0 Å². The Kier molecular flexibility index (Phi) is 6.33. The SMILES string of the molecule is COC(=O)[C@@H](CCSC)NC(=O)N1CCc2[nH]cnc2[C@H]1c1ccncc1. The van der Waals surface area contributed by atoms with Crippen molar-refractivity contribution in [3.8, 4) is 0 Å². The van der Waals surface area contributed by atoms with Crippen molar-refractivity contribution in [1.29, 1.82) is 0 Å². The third kappa shape index (κ3) is 4.24.